The molecule has 206 valence electrons. The molecule has 2 aliphatic carbocycles. The van der Waals surface area contributed by atoms with Crippen LogP contribution in [-0.4, -0.2) is 83.7 Å². The highest BCUT2D eigenvalue weighted by Crippen LogP contribution is 2.72. The highest BCUT2D eigenvalue weighted by molar-refractivity contribution is 5.83. The minimum Gasteiger partial charge on any atom is -0.462 e. The molecule has 4 heterocycles. The Bertz CT molecular complexity index is 1150. The topological polar surface area (TPSA) is 124 Å². The number of esters is 2. The second-order valence-corrected chi connectivity index (χ2v) is 11.8. The first-order valence-electron chi connectivity index (χ1n) is 13.5. The smallest absolute Gasteiger partial charge is 0.331 e. The third-order valence-electron chi connectivity index (χ3n) is 10.1. The minimum absolute atomic E-state index is 0.0519. The van der Waals surface area contributed by atoms with Crippen LogP contribution >= 0.6 is 0 Å². The summed E-state index contributed by atoms with van der Waals surface area (Å²) in [6, 6.07) is 0. The van der Waals surface area contributed by atoms with Crippen molar-refractivity contribution in [2.45, 2.75) is 88.2 Å². The number of carbonyl (C=O) groups excluding carboxylic acids is 2. The van der Waals surface area contributed by atoms with Gasteiger partial charge in [-0.25, -0.2) is 9.59 Å². The molecule has 0 aromatic carbocycles. The van der Waals surface area contributed by atoms with Crippen LogP contribution in [0.2, 0.25) is 0 Å². The molecular formula is C29H36O9. The summed E-state index contributed by atoms with van der Waals surface area (Å²) in [6.45, 7) is 6.43. The van der Waals surface area contributed by atoms with Crippen LogP contribution in [0.3, 0.4) is 0 Å². The molecule has 2 spiro atoms. The van der Waals surface area contributed by atoms with E-state index in [0.29, 0.717) is 31.4 Å². The maximum atomic E-state index is 13.2. The number of hydrogen-bond acceptors (Lipinski definition) is 9. The predicted molar refractivity (Wildman–Crippen MR) is 134 cm³/mol. The quantitative estimate of drug-likeness (QED) is 0.299. The highest BCUT2D eigenvalue weighted by Gasteiger charge is 2.83. The molecule has 6 rings (SSSR count). The molecule has 1 saturated carbocycles. The second kappa shape index (κ2) is 8.86. The van der Waals surface area contributed by atoms with Crippen LogP contribution in [0.15, 0.2) is 47.6 Å². The average Bonchev–Trinajstić information content (AvgIpc) is 3.65. The number of cyclic esters (lactones) is 1. The largest absolute Gasteiger partial charge is 0.462 e. The van der Waals surface area contributed by atoms with Crippen molar-refractivity contribution in [3.8, 4) is 0 Å². The first-order chi connectivity index (χ1) is 18.1. The Labute approximate surface area is 222 Å². The summed E-state index contributed by atoms with van der Waals surface area (Å²) in [5.41, 5.74) is -1.76. The lowest BCUT2D eigenvalue weighted by molar-refractivity contribution is -0.232. The van der Waals surface area contributed by atoms with Gasteiger partial charge in [0.15, 0.2) is 0 Å². The molecule has 3 saturated heterocycles. The molecule has 9 atom stereocenters. The summed E-state index contributed by atoms with van der Waals surface area (Å²) in [6.07, 6.45) is 8.21. The van der Waals surface area contributed by atoms with Crippen molar-refractivity contribution in [2.24, 2.45) is 10.8 Å². The van der Waals surface area contributed by atoms with Crippen molar-refractivity contribution < 1.29 is 43.5 Å². The van der Waals surface area contributed by atoms with E-state index >= 15 is 0 Å². The monoisotopic (exact) mass is 528 g/mol. The number of aliphatic hydroxyl groups is 2. The second-order valence-electron chi connectivity index (χ2n) is 11.8. The highest BCUT2D eigenvalue weighted by atomic mass is 16.6. The summed E-state index contributed by atoms with van der Waals surface area (Å²) >= 11 is 0. The lowest BCUT2D eigenvalue weighted by Crippen LogP contribution is -2.66. The van der Waals surface area contributed by atoms with Crippen LogP contribution in [0.5, 0.6) is 0 Å². The maximum absolute atomic E-state index is 13.2. The molecule has 4 bridgehead atoms. The fourth-order valence-electron chi connectivity index (χ4n) is 7.68. The lowest BCUT2D eigenvalue weighted by atomic mass is 9.51. The van der Waals surface area contributed by atoms with Crippen LogP contribution in [0, 0.1) is 10.8 Å². The van der Waals surface area contributed by atoms with Gasteiger partial charge in [0.25, 0.3) is 0 Å². The van der Waals surface area contributed by atoms with Gasteiger partial charge in [0.1, 0.15) is 30.0 Å². The summed E-state index contributed by atoms with van der Waals surface area (Å²) in [7, 11) is 0. The number of fused-ring (bicyclic) bond motifs is 2. The minimum atomic E-state index is -1.47. The van der Waals surface area contributed by atoms with Gasteiger partial charge in [0.05, 0.1) is 36.9 Å². The van der Waals surface area contributed by atoms with Crippen molar-refractivity contribution in [1.29, 1.82) is 0 Å². The Hall–Kier alpha value is -2.30. The van der Waals surface area contributed by atoms with Gasteiger partial charge < -0.3 is 33.9 Å². The Morgan fingerprint density at radius 3 is 2.61 bits per heavy atom. The van der Waals surface area contributed by atoms with E-state index in [1.165, 1.54) is 36.8 Å². The Balaban J connectivity index is 1.44. The molecule has 38 heavy (non-hydrogen) atoms. The molecular weight excluding hydrogens is 492 g/mol. The fraction of sp³-hybridized carbons (Fsp3) is 0.655. The lowest BCUT2D eigenvalue weighted by Gasteiger charge is -2.58. The number of epoxide rings is 1. The molecule has 4 aliphatic heterocycles. The molecule has 2 N–H and O–H groups in total. The van der Waals surface area contributed by atoms with E-state index in [1.807, 2.05) is 0 Å². The predicted octanol–water partition coefficient (Wildman–Crippen LogP) is 2.07. The van der Waals surface area contributed by atoms with Crippen LogP contribution < -0.4 is 0 Å². The number of allylic oxidation sites excluding steroid dienone is 3. The molecule has 9 heteroatoms. The van der Waals surface area contributed by atoms with E-state index in [2.05, 4.69) is 19.9 Å². The van der Waals surface area contributed by atoms with Gasteiger partial charge in [0.2, 0.25) is 0 Å². The van der Waals surface area contributed by atoms with Crippen LogP contribution in [-0.2, 0) is 33.3 Å². The van der Waals surface area contributed by atoms with Crippen LogP contribution in [0.1, 0.15) is 46.5 Å². The van der Waals surface area contributed by atoms with Crippen molar-refractivity contribution in [1.82, 2.24) is 0 Å². The van der Waals surface area contributed by atoms with E-state index in [0.717, 1.165) is 6.42 Å². The molecule has 0 aromatic heterocycles. The third-order valence-corrected chi connectivity index (χ3v) is 10.1. The van der Waals surface area contributed by atoms with E-state index in [-0.39, 0.29) is 25.4 Å². The Morgan fingerprint density at radius 1 is 1.08 bits per heavy atom. The van der Waals surface area contributed by atoms with Gasteiger partial charge in [0, 0.05) is 24.0 Å². The summed E-state index contributed by atoms with van der Waals surface area (Å²) in [5, 5.41) is 21.7. The van der Waals surface area contributed by atoms with Crippen molar-refractivity contribution in [3.05, 3.63) is 47.6 Å². The number of hydrogen-bond donors (Lipinski definition) is 2. The standard InChI is InChI=1S/C29H36O9/c1-17-7-10-27-15-34-24(32)13-19-8-11-35-28(18(2)30,25(19)33)9-5-4-6-23(31)38-20-14-22(37-21(27)12-17)29(16-36-29)26(20,27)3/h4-6,9,12-13,18,20-22,25,30,33H,7-8,10-11,14-16H2,1-3H3/t18-,20+,21+,22+,25+,26+,27+,28+,29-/m0/s1. The number of ether oxygens (including phenoxy) is 5. The van der Waals surface area contributed by atoms with Gasteiger partial charge in [-0.15, -0.1) is 0 Å². The Kier molecular flexibility index (Phi) is 6.05. The van der Waals surface area contributed by atoms with Gasteiger partial charge >= 0.3 is 11.9 Å². The zero-order valence-corrected chi connectivity index (χ0v) is 22.1. The van der Waals surface area contributed by atoms with Crippen molar-refractivity contribution >= 4 is 11.9 Å². The molecule has 0 aromatic rings. The summed E-state index contributed by atoms with van der Waals surface area (Å²) in [5.74, 6) is -1.10. The van der Waals surface area contributed by atoms with Gasteiger partial charge in [-0.1, -0.05) is 30.7 Å². The molecule has 0 unspecified atom stereocenters. The van der Waals surface area contributed by atoms with Gasteiger partial charge in [-0.05, 0) is 44.8 Å². The molecule has 9 nitrogen and oxygen atoms in total. The molecule has 4 fully saturated rings. The third kappa shape index (κ3) is 3.48. The summed E-state index contributed by atoms with van der Waals surface area (Å²) < 4.78 is 30.6. The average molecular weight is 529 g/mol. The van der Waals surface area contributed by atoms with Gasteiger partial charge in [-0.3, -0.25) is 0 Å². The van der Waals surface area contributed by atoms with Crippen molar-refractivity contribution in [3.63, 3.8) is 0 Å². The van der Waals surface area contributed by atoms with Crippen molar-refractivity contribution in [2.75, 3.05) is 19.8 Å². The SMILES string of the molecule is CC1=C[C@H]2O[C@@H]3C[C@H]4OC(=O)C=CC=C[C@]5([C@H](C)O)OCCC(=CC(=O)OC[C@@]2(CC1)[C@]4(C)[C@]31CO1)[C@H]5O. The maximum Gasteiger partial charge on any atom is 0.331 e. The number of carbonyl (C=O) groups is 2. The first kappa shape index (κ1) is 26.0. The molecule has 6 aliphatic rings. The van der Waals surface area contributed by atoms with Gasteiger partial charge in [-0.2, -0.15) is 0 Å². The number of rotatable bonds is 1. The normalized spacial score (nSPS) is 47.0. The van der Waals surface area contributed by atoms with E-state index in [4.69, 9.17) is 23.7 Å². The number of aliphatic hydroxyl groups excluding tert-OH is 2. The Morgan fingerprint density at radius 2 is 1.87 bits per heavy atom. The van der Waals surface area contributed by atoms with E-state index < -0.39 is 52.3 Å². The fourth-order valence-corrected chi connectivity index (χ4v) is 7.68. The van der Waals surface area contributed by atoms with Crippen LogP contribution in [0.4, 0.5) is 0 Å². The van der Waals surface area contributed by atoms with Crippen LogP contribution in [0.25, 0.3) is 0 Å². The first-order valence-corrected chi connectivity index (χ1v) is 13.5. The molecule has 0 amide bonds. The summed E-state index contributed by atoms with van der Waals surface area (Å²) in [4.78, 5) is 26.2. The zero-order valence-electron chi connectivity index (χ0n) is 22.1. The zero-order chi connectivity index (χ0) is 26.9. The van der Waals surface area contributed by atoms with E-state index in [1.54, 1.807) is 6.08 Å². The molecule has 0 radical (unpaired) electrons. The van der Waals surface area contributed by atoms with E-state index in [9.17, 15) is 19.8 Å².